The van der Waals surface area contributed by atoms with Crippen LogP contribution in [0.15, 0.2) is 211 Å². The minimum atomic E-state index is -0.517. The number of allylic oxidation sites excluding steroid dienone is 1. The highest BCUT2D eigenvalue weighted by molar-refractivity contribution is 6.02. The molecular formula is C61H53N. The molecule has 2 aliphatic rings. The molecule has 10 rings (SSSR count). The summed E-state index contributed by atoms with van der Waals surface area (Å²) in [5.74, 6) is 0.339. The maximum absolute atomic E-state index is 5.50. The van der Waals surface area contributed by atoms with E-state index in [2.05, 4.69) is 241 Å². The minimum Gasteiger partial charge on any atom is -0.253 e. The summed E-state index contributed by atoms with van der Waals surface area (Å²) in [5.41, 5.74) is 20.7. The molecule has 0 spiro atoms. The Balaban J connectivity index is 1.30. The fraction of sp³-hybridized carbons (Fsp3) is 0.164. The summed E-state index contributed by atoms with van der Waals surface area (Å²) in [4.78, 5) is 5.50. The molecule has 8 aromatic rings. The third kappa shape index (κ3) is 6.42. The van der Waals surface area contributed by atoms with Crippen molar-refractivity contribution in [3.05, 3.63) is 256 Å². The summed E-state index contributed by atoms with van der Waals surface area (Å²) < 4.78 is 0. The summed E-state index contributed by atoms with van der Waals surface area (Å²) in [7, 11) is 0. The standard InChI is InChI=1S/C61H53N/c1-6-41(2)50(40-59(44-25-13-8-14-26-44)62-42(3)43-23-11-7-12-24-43)52-39-58-54(38-51(52)45-35-36-56-53(37-45)48-31-19-21-33-55(48)60(56,4)5)49-32-20-22-34-57(49)61(58,46-27-15-9-16-28-46)47-29-17-10-18-30-47/h7-41,50H,6H2,1-5H3/b59-40-,62-42?. The Labute approximate surface area is 368 Å². The quantitative estimate of drug-likeness (QED) is 0.122. The fourth-order valence-corrected chi connectivity index (χ4v) is 10.6. The number of benzene rings is 8. The Morgan fingerprint density at radius 1 is 0.500 bits per heavy atom. The molecular weight excluding hydrogens is 747 g/mol. The molecule has 0 radical (unpaired) electrons. The highest BCUT2D eigenvalue weighted by atomic mass is 14.8. The van der Waals surface area contributed by atoms with Gasteiger partial charge in [-0.1, -0.05) is 228 Å². The molecule has 62 heavy (non-hydrogen) atoms. The summed E-state index contributed by atoms with van der Waals surface area (Å²) in [6, 6.07) is 74.3. The van der Waals surface area contributed by atoms with Crippen LogP contribution in [0, 0.1) is 5.92 Å². The van der Waals surface area contributed by atoms with Gasteiger partial charge in [-0.3, -0.25) is 4.99 Å². The topological polar surface area (TPSA) is 12.4 Å². The van der Waals surface area contributed by atoms with Crippen molar-refractivity contribution in [3.63, 3.8) is 0 Å². The molecule has 0 amide bonds. The Kier molecular flexibility index (Phi) is 10.1. The van der Waals surface area contributed by atoms with Crippen LogP contribution < -0.4 is 0 Å². The third-order valence-electron chi connectivity index (χ3n) is 14.0. The van der Waals surface area contributed by atoms with E-state index in [9.17, 15) is 0 Å². The van der Waals surface area contributed by atoms with E-state index < -0.39 is 5.41 Å². The fourth-order valence-electron chi connectivity index (χ4n) is 10.6. The lowest BCUT2D eigenvalue weighted by Crippen LogP contribution is -2.28. The molecule has 0 aliphatic heterocycles. The molecule has 1 nitrogen and oxygen atoms in total. The zero-order chi connectivity index (χ0) is 42.4. The van der Waals surface area contributed by atoms with Crippen LogP contribution in [0.2, 0.25) is 0 Å². The Morgan fingerprint density at radius 2 is 1.00 bits per heavy atom. The number of rotatable bonds is 10. The lowest BCUT2D eigenvalue weighted by molar-refractivity contribution is 0.507. The van der Waals surface area contributed by atoms with E-state index in [0.29, 0.717) is 5.92 Å². The first-order valence-corrected chi connectivity index (χ1v) is 22.3. The van der Waals surface area contributed by atoms with Crippen molar-refractivity contribution in [1.82, 2.24) is 0 Å². The smallest absolute Gasteiger partial charge is 0.0713 e. The van der Waals surface area contributed by atoms with E-state index in [1.807, 2.05) is 0 Å². The zero-order valence-electron chi connectivity index (χ0n) is 36.4. The molecule has 2 atom stereocenters. The number of fused-ring (bicyclic) bond motifs is 6. The average molecular weight is 800 g/mol. The van der Waals surface area contributed by atoms with E-state index in [0.717, 1.165) is 29.0 Å². The molecule has 0 saturated carbocycles. The van der Waals surface area contributed by atoms with Gasteiger partial charge in [-0.05, 0) is 108 Å². The molecule has 0 saturated heterocycles. The molecule has 0 heterocycles. The first kappa shape index (κ1) is 39.3. The Morgan fingerprint density at radius 3 is 1.61 bits per heavy atom. The molecule has 1 heteroatoms. The van der Waals surface area contributed by atoms with Crippen LogP contribution >= 0.6 is 0 Å². The van der Waals surface area contributed by atoms with Crippen molar-refractivity contribution < 1.29 is 0 Å². The summed E-state index contributed by atoms with van der Waals surface area (Å²) in [6.07, 6.45) is 3.50. The van der Waals surface area contributed by atoms with Crippen molar-refractivity contribution in [2.45, 2.75) is 57.8 Å². The first-order chi connectivity index (χ1) is 30.3. The monoisotopic (exact) mass is 799 g/mol. The molecule has 2 aliphatic carbocycles. The van der Waals surface area contributed by atoms with Gasteiger partial charge >= 0.3 is 0 Å². The van der Waals surface area contributed by atoms with Gasteiger partial charge in [-0.15, -0.1) is 0 Å². The first-order valence-electron chi connectivity index (χ1n) is 22.3. The van der Waals surface area contributed by atoms with Crippen LogP contribution in [0.1, 0.15) is 97.0 Å². The van der Waals surface area contributed by atoms with Crippen LogP contribution in [-0.4, -0.2) is 5.71 Å². The van der Waals surface area contributed by atoms with E-state index in [1.165, 1.54) is 72.3 Å². The van der Waals surface area contributed by atoms with Gasteiger partial charge in [0, 0.05) is 17.0 Å². The molecule has 8 aromatic carbocycles. The molecule has 0 N–H and O–H groups in total. The molecule has 0 bridgehead atoms. The van der Waals surface area contributed by atoms with E-state index in [1.54, 1.807) is 0 Å². The van der Waals surface area contributed by atoms with E-state index in [-0.39, 0.29) is 11.3 Å². The summed E-state index contributed by atoms with van der Waals surface area (Å²) >= 11 is 0. The minimum absolute atomic E-state index is 0.0350. The normalized spacial score (nSPS) is 15.6. The second-order valence-electron chi connectivity index (χ2n) is 17.8. The maximum Gasteiger partial charge on any atom is 0.0713 e. The lowest BCUT2D eigenvalue weighted by atomic mass is 9.66. The molecule has 2 unspecified atom stereocenters. The van der Waals surface area contributed by atoms with Crippen molar-refractivity contribution in [2.75, 3.05) is 0 Å². The van der Waals surface area contributed by atoms with Crippen molar-refractivity contribution in [1.29, 1.82) is 0 Å². The third-order valence-corrected chi connectivity index (χ3v) is 14.0. The Hall–Kier alpha value is -6.83. The van der Waals surface area contributed by atoms with Gasteiger partial charge < -0.3 is 0 Å². The zero-order valence-corrected chi connectivity index (χ0v) is 36.4. The van der Waals surface area contributed by atoms with Crippen molar-refractivity contribution in [2.24, 2.45) is 10.9 Å². The van der Waals surface area contributed by atoms with Crippen LogP contribution in [0.3, 0.4) is 0 Å². The van der Waals surface area contributed by atoms with E-state index in [4.69, 9.17) is 4.99 Å². The van der Waals surface area contributed by atoms with Gasteiger partial charge in [-0.25, -0.2) is 0 Å². The van der Waals surface area contributed by atoms with Gasteiger partial charge in [0.15, 0.2) is 0 Å². The SMILES string of the molecule is CCC(C)C(/C=C(\N=C(C)c1ccccc1)c1ccccc1)c1cc2c(cc1-c1ccc3c(c1)-c1ccccc1C3(C)C)-c1ccccc1C2(c1ccccc1)c1ccccc1. The second-order valence-corrected chi connectivity index (χ2v) is 17.8. The van der Waals surface area contributed by atoms with Gasteiger partial charge in [0.1, 0.15) is 0 Å². The number of hydrogen-bond acceptors (Lipinski definition) is 1. The number of aliphatic imine (C=N–C) groups is 1. The van der Waals surface area contributed by atoms with Crippen molar-refractivity contribution in [3.8, 4) is 33.4 Å². The molecule has 0 fully saturated rings. The van der Waals surface area contributed by atoms with Crippen LogP contribution in [0.25, 0.3) is 39.1 Å². The highest BCUT2D eigenvalue weighted by Gasteiger charge is 2.47. The average Bonchev–Trinajstić information content (AvgIpc) is 3.75. The van der Waals surface area contributed by atoms with Crippen molar-refractivity contribution >= 4 is 11.4 Å². The predicted octanol–water partition coefficient (Wildman–Crippen LogP) is 15.7. The highest BCUT2D eigenvalue weighted by Crippen LogP contribution is 2.58. The van der Waals surface area contributed by atoms with Crippen LogP contribution in [-0.2, 0) is 10.8 Å². The number of nitrogens with zero attached hydrogens (tertiary/aromatic N) is 1. The Bertz CT molecular complexity index is 2930. The van der Waals surface area contributed by atoms with E-state index >= 15 is 0 Å². The summed E-state index contributed by atoms with van der Waals surface area (Å²) in [6.45, 7) is 11.6. The molecule has 0 aromatic heterocycles. The predicted molar refractivity (Wildman–Crippen MR) is 262 cm³/mol. The summed E-state index contributed by atoms with van der Waals surface area (Å²) in [5, 5.41) is 0. The number of hydrogen-bond donors (Lipinski definition) is 0. The van der Waals surface area contributed by atoms with Gasteiger partial charge in [-0.2, -0.15) is 0 Å². The largest absolute Gasteiger partial charge is 0.253 e. The van der Waals surface area contributed by atoms with Crippen LogP contribution in [0.5, 0.6) is 0 Å². The van der Waals surface area contributed by atoms with Gasteiger partial charge in [0.2, 0.25) is 0 Å². The van der Waals surface area contributed by atoms with Crippen LogP contribution in [0.4, 0.5) is 0 Å². The lowest BCUT2D eigenvalue weighted by Gasteiger charge is -2.35. The van der Waals surface area contributed by atoms with Gasteiger partial charge in [0.25, 0.3) is 0 Å². The maximum atomic E-state index is 5.50. The van der Waals surface area contributed by atoms with Gasteiger partial charge in [0.05, 0.1) is 11.1 Å². The second kappa shape index (κ2) is 15.9. The molecule has 302 valence electrons.